The molecule has 1 atom stereocenters. The Morgan fingerprint density at radius 1 is 0.969 bits per heavy atom. The van der Waals surface area contributed by atoms with Gasteiger partial charge in [-0.25, -0.2) is 0 Å². The van der Waals surface area contributed by atoms with E-state index in [-0.39, 0.29) is 30.2 Å². The number of rotatable bonds is 3. The molecule has 0 amide bonds. The van der Waals surface area contributed by atoms with E-state index >= 15 is 0 Å². The summed E-state index contributed by atoms with van der Waals surface area (Å²) in [6.07, 6.45) is 6.05. The van der Waals surface area contributed by atoms with Crippen LogP contribution in [0, 0.1) is 5.41 Å². The molecule has 164 valence electrons. The Morgan fingerprint density at radius 3 is 2.41 bits per heavy atom. The standard InChI is InChI=1S/C27H25.C2H5.2ClH.Zr/c1-17-13-19(27(2,3)4)15-23(17)26-16-25-20-10-6-5-9-18(20)14-24(25)21-11-7-8-12-22(21)26;1-2;;;/h5-10,12-13,15-16,23H,14H2,1-4H3;1H2,2H3;2*1H;/q;;;;+2/p-2. The first-order valence-electron chi connectivity index (χ1n) is 11.2. The van der Waals surface area contributed by atoms with Crippen molar-refractivity contribution in [1.29, 1.82) is 0 Å². The average molecular weight is 541 g/mol. The minimum atomic E-state index is -0.551. The Bertz CT molecular complexity index is 1230. The number of hydrogen-bond donors (Lipinski definition) is 0. The van der Waals surface area contributed by atoms with Crippen LogP contribution in [0.4, 0.5) is 0 Å². The first-order valence-corrected chi connectivity index (χ1v) is 14.2. The largest absolute Gasteiger partial charge is 1.00 e. The van der Waals surface area contributed by atoms with Crippen molar-refractivity contribution in [2.45, 2.75) is 51.1 Å². The molecule has 0 saturated carbocycles. The Morgan fingerprint density at radius 2 is 1.72 bits per heavy atom. The summed E-state index contributed by atoms with van der Waals surface area (Å²) in [7, 11) is 0. The number of halogens is 2. The molecule has 0 spiro atoms. The van der Waals surface area contributed by atoms with E-state index in [1.165, 1.54) is 42.9 Å². The molecule has 0 nitrogen and oxygen atoms in total. The van der Waals surface area contributed by atoms with Gasteiger partial charge in [0.05, 0.1) is 0 Å². The zero-order valence-corrected chi connectivity index (χ0v) is 23.5. The molecular weight excluding hydrogens is 510 g/mol. The summed E-state index contributed by atoms with van der Waals surface area (Å²) >= 11 is -0.551. The zero-order valence-electron chi connectivity index (χ0n) is 19.5. The Balaban J connectivity index is 0.00000144. The summed E-state index contributed by atoms with van der Waals surface area (Å²) in [5.41, 5.74) is 10.7. The molecule has 0 saturated heterocycles. The normalized spacial score (nSPS) is 16.3. The van der Waals surface area contributed by atoms with Crippen LogP contribution in [-0.2, 0) is 29.7 Å². The smallest absolute Gasteiger partial charge is 1.00 e. The maximum absolute atomic E-state index is 2.54. The quantitative estimate of drug-likeness (QED) is 0.370. The van der Waals surface area contributed by atoms with Gasteiger partial charge in [-0.15, -0.1) is 0 Å². The van der Waals surface area contributed by atoms with Gasteiger partial charge in [-0.2, -0.15) is 0 Å². The van der Waals surface area contributed by atoms with Gasteiger partial charge in [0.15, 0.2) is 0 Å². The minimum absolute atomic E-state index is 0. The summed E-state index contributed by atoms with van der Waals surface area (Å²) in [5.74, 6) is 0.391. The fourth-order valence-electron chi connectivity index (χ4n) is 5.22. The second kappa shape index (κ2) is 9.62. The molecule has 0 fully saturated rings. The van der Waals surface area contributed by atoms with Crippen LogP contribution in [0.2, 0.25) is 4.13 Å². The summed E-state index contributed by atoms with van der Waals surface area (Å²) in [6, 6.07) is 18.7. The summed E-state index contributed by atoms with van der Waals surface area (Å²) in [5, 5.41) is 3.10. The van der Waals surface area contributed by atoms with E-state index in [2.05, 4.69) is 95.3 Å². The van der Waals surface area contributed by atoms with E-state index in [9.17, 15) is 0 Å². The third-order valence-electron chi connectivity index (χ3n) is 6.77. The molecule has 3 heteroatoms. The van der Waals surface area contributed by atoms with E-state index in [1.54, 1.807) is 14.2 Å². The van der Waals surface area contributed by atoms with Gasteiger partial charge in [-0.05, 0) is 0 Å². The van der Waals surface area contributed by atoms with Gasteiger partial charge in [0.2, 0.25) is 0 Å². The minimum Gasteiger partial charge on any atom is -1.00 e. The molecule has 32 heavy (non-hydrogen) atoms. The number of benzene rings is 3. The van der Waals surface area contributed by atoms with E-state index in [4.69, 9.17) is 0 Å². The predicted molar refractivity (Wildman–Crippen MR) is 126 cm³/mol. The number of allylic oxidation sites excluding steroid dienone is 4. The van der Waals surface area contributed by atoms with Crippen LogP contribution in [0.15, 0.2) is 71.8 Å². The maximum Gasteiger partial charge on any atom is -1.00 e. The SMILES string of the molecule is C[CH2][Zr+2][c]1cccc2c(C3C=C(C(C)(C)C)C=C3C)cc3c(c12)Cc1ccccc1-3.[Cl-].[Cl-]. The van der Waals surface area contributed by atoms with Crippen molar-refractivity contribution in [2.24, 2.45) is 5.41 Å². The first kappa shape index (κ1) is 25.5. The molecule has 3 aromatic rings. The molecular formula is C29H30Cl2Zr. The van der Waals surface area contributed by atoms with Crippen LogP contribution in [0.25, 0.3) is 21.9 Å². The fourth-order valence-corrected chi connectivity index (χ4v) is 7.81. The van der Waals surface area contributed by atoms with E-state index in [0.717, 1.165) is 6.42 Å². The Kier molecular flexibility index (Phi) is 7.66. The summed E-state index contributed by atoms with van der Waals surface area (Å²) < 4.78 is 3.04. The van der Waals surface area contributed by atoms with Gasteiger partial charge in [-0.1, -0.05) is 0 Å². The molecule has 5 rings (SSSR count). The van der Waals surface area contributed by atoms with Crippen molar-refractivity contribution in [2.75, 3.05) is 0 Å². The van der Waals surface area contributed by atoms with Crippen LogP contribution >= 0.6 is 0 Å². The first-order chi connectivity index (χ1) is 14.4. The molecule has 0 bridgehead atoms. The molecule has 0 N–H and O–H groups in total. The van der Waals surface area contributed by atoms with Crippen molar-refractivity contribution in [3.63, 3.8) is 0 Å². The molecule has 3 aromatic carbocycles. The molecule has 0 aromatic heterocycles. The van der Waals surface area contributed by atoms with E-state index in [0.29, 0.717) is 5.92 Å². The Hall–Kier alpha value is -1.14. The predicted octanol–water partition coefficient (Wildman–Crippen LogP) is 1.58. The van der Waals surface area contributed by atoms with Crippen molar-refractivity contribution < 1.29 is 48.0 Å². The second-order valence-corrected chi connectivity index (χ2v) is 13.8. The average Bonchev–Trinajstić information content (AvgIpc) is 3.28. The van der Waals surface area contributed by atoms with Crippen molar-refractivity contribution in [3.05, 3.63) is 88.5 Å². The Labute approximate surface area is 217 Å². The van der Waals surface area contributed by atoms with Gasteiger partial charge >= 0.3 is 193 Å². The zero-order chi connectivity index (χ0) is 21.0. The summed E-state index contributed by atoms with van der Waals surface area (Å²) in [6.45, 7) is 11.7. The van der Waals surface area contributed by atoms with Gasteiger partial charge in [0.25, 0.3) is 0 Å². The van der Waals surface area contributed by atoms with Crippen molar-refractivity contribution in [1.82, 2.24) is 0 Å². The van der Waals surface area contributed by atoms with Crippen molar-refractivity contribution >= 4 is 14.0 Å². The van der Waals surface area contributed by atoms with Crippen LogP contribution in [-0.4, -0.2) is 0 Å². The topological polar surface area (TPSA) is 0 Å². The van der Waals surface area contributed by atoms with Gasteiger partial charge in [0.1, 0.15) is 0 Å². The third-order valence-corrected chi connectivity index (χ3v) is 9.59. The molecule has 0 aliphatic heterocycles. The number of fused-ring (bicyclic) bond motifs is 5. The van der Waals surface area contributed by atoms with Crippen molar-refractivity contribution in [3.8, 4) is 11.1 Å². The fraction of sp³-hybridized carbons (Fsp3) is 0.310. The van der Waals surface area contributed by atoms with Crippen LogP contribution in [0.1, 0.15) is 57.2 Å². The molecule has 2 aliphatic rings. The third kappa shape index (κ3) is 4.22. The van der Waals surface area contributed by atoms with Gasteiger partial charge in [-0.3, -0.25) is 0 Å². The van der Waals surface area contributed by atoms with E-state index in [1.807, 2.05) is 0 Å². The molecule has 1 unspecified atom stereocenters. The van der Waals surface area contributed by atoms with Crippen LogP contribution < -0.4 is 28.1 Å². The van der Waals surface area contributed by atoms with Crippen LogP contribution in [0.5, 0.6) is 0 Å². The number of hydrogen-bond acceptors (Lipinski definition) is 0. The summed E-state index contributed by atoms with van der Waals surface area (Å²) in [4.78, 5) is 0. The molecule has 0 radical (unpaired) electrons. The second-order valence-electron chi connectivity index (χ2n) is 9.82. The maximum atomic E-state index is 2.54. The van der Waals surface area contributed by atoms with Gasteiger partial charge in [0, 0.05) is 0 Å². The molecule has 0 heterocycles. The van der Waals surface area contributed by atoms with Crippen LogP contribution in [0.3, 0.4) is 0 Å². The molecule has 2 aliphatic carbocycles. The van der Waals surface area contributed by atoms with Gasteiger partial charge < -0.3 is 24.8 Å². The monoisotopic (exact) mass is 538 g/mol. The van der Waals surface area contributed by atoms with E-state index < -0.39 is 23.2 Å².